The number of nitrogens with one attached hydrogen (secondary N) is 1. The topological polar surface area (TPSA) is 126 Å². The van der Waals surface area contributed by atoms with Crippen LogP contribution in [0.25, 0.3) is 11.0 Å². The van der Waals surface area contributed by atoms with Gasteiger partial charge in [0.25, 0.3) is 10.1 Å². The molecule has 126 valence electrons. The highest BCUT2D eigenvalue weighted by molar-refractivity contribution is 7.85. The van der Waals surface area contributed by atoms with Gasteiger partial charge < -0.3 is 20.4 Å². The van der Waals surface area contributed by atoms with Crippen molar-refractivity contribution in [2.45, 2.75) is 0 Å². The Hall–Kier alpha value is -2.10. The predicted octanol–water partition coefficient (Wildman–Crippen LogP) is 0.289. The van der Waals surface area contributed by atoms with Crippen molar-refractivity contribution in [2.24, 2.45) is 0 Å². The first-order valence-electron chi connectivity index (χ1n) is 6.96. The van der Waals surface area contributed by atoms with Crippen LogP contribution < -0.4 is 21.6 Å². The van der Waals surface area contributed by atoms with E-state index in [0.717, 1.165) is 37.3 Å². The molecule has 0 spiro atoms. The van der Waals surface area contributed by atoms with Gasteiger partial charge >= 0.3 is 5.63 Å². The maximum atomic E-state index is 11.5. The summed E-state index contributed by atoms with van der Waals surface area (Å²) in [4.78, 5) is 13.8. The summed E-state index contributed by atoms with van der Waals surface area (Å²) in [5.41, 5.74) is 6.86. The number of rotatable bonds is 1. The van der Waals surface area contributed by atoms with E-state index in [9.17, 15) is 13.2 Å². The van der Waals surface area contributed by atoms with Gasteiger partial charge in [0, 0.05) is 31.6 Å². The molecule has 0 bridgehead atoms. The fraction of sp³-hybridized carbons (Fsp3) is 0.357. The van der Waals surface area contributed by atoms with E-state index < -0.39 is 15.7 Å². The third-order valence-electron chi connectivity index (χ3n) is 3.22. The molecule has 1 saturated heterocycles. The van der Waals surface area contributed by atoms with Crippen LogP contribution in [0.15, 0.2) is 33.5 Å². The van der Waals surface area contributed by atoms with Crippen LogP contribution in [0.5, 0.6) is 0 Å². The second-order valence-electron chi connectivity index (χ2n) is 5.15. The Balaban J connectivity index is 0.000000338. The lowest BCUT2D eigenvalue weighted by Gasteiger charge is -2.29. The van der Waals surface area contributed by atoms with E-state index in [2.05, 4.69) is 10.2 Å². The van der Waals surface area contributed by atoms with E-state index in [0.29, 0.717) is 11.8 Å². The van der Waals surface area contributed by atoms with Crippen LogP contribution in [-0.4, -0.2) is 45.4 Å². The van der Waals surface area contributed by atoms with Gasteiger partial charge in [-0.3, -0.25) is 4.55 Å². The molecule has 0 amide bonds. The largest absolute Gasteiger partial charge is 0.419 e. The Kier molecular flexibility index (Phi) is 5.24. The highest BCUT2D eigenvalue weighted by Crippen LogP contribution is 2.26. The minimum Gasteiger partial charge on any atom is -0.419 e. The fourth-order valence-electron chi connectivity index (χ4n) is 2.30. The van der Waals surface area contributed by atoms with E-state index in [1.807, 2.05) is 18.2 Å². The summed E-state index contributed by atoms with van der Waals surface area (Å²) < 4.78 is 31.2. The summed E-state index contributed by atoms with van der Waals surface area (Å²) in [6.07, 6.45) is 0.715. The molecule has 4 N–H and O–H groups in total. The van der Waals surface area contributed by atoms with E-state index in [1.165, 1.54) is 0 Å². The van der Waals surface area contributed by atoms with E-state index in [4.69, 9.17) is 14.7 Å². The summed E-state index contributed by atoms with van der Waals surface area (Å²) in [5, 5.41) is 4.16. The van der Waals surface area contributed by atoms with Crippen LogP contribution in [0.4, 0.5) is 11.4 Å². The summed E-state index contributed by atoms with van der Waals surface area (Å²) in [6.45, 7) is 3.70. The zero-order valence-corrected chi connectivity index (χ0v) is 13.5. The Labute approximate surface area is 133 Å². The SMILES string of the molecule is CS(=O)(=O)O.Nc1cc2cccc(N3CCNCC3)c2oc1=O. The molecule has 1 aliphatic rings. The molecular weight excluding hydrogens is 322 g/mol. The zero-order chi connectivity index (χ0) is 17.0. The highest BCUT2D eigenvalue weighted by atomic mass is 32.2. The second kappa shape index (κ2) is 6.99. The number of hydrogen-bond donors (Lipinski definition) is 3. The number of nitrogen functional groups attached to an aromatic ring is 1. The van der Waals surface area contributed by atoms with Crippen molar-refractivity contribution >= 4 is 32.5 Å². The predicted molar refractivity (Wildman–Crippen MR) is 89.5 cm³/mol. The lowest BCUT2D eigenvalue weighted by atomic mass is 10.1. The molecule has 2 aromatic rings. The number of piperazine rings is 1. The third-order valence-corrected chi connectivity index (χ3v) is 3.22. The highest BCUT2D eigenvalue weighted by Gasteiger charge is 2.15. The lowest BCUT2D eigenvalue weighted by molar-refractivity contribution is 0.490. The molecule has 1 fully saturated rings. The smallest absolute Gasteiger partial charge is 0.359 e. The first kappa shape index (κ1) is 17.3. The monoisotopic (exact) mass is 341 g/mol. The number of benzene rings is 1. The normalized spacial score (nSPS) is 15.1. The van der Waals surface area contributed by atoms with Gasteiger partial charge in [-0.15, -0.1) is 0 Å². The molecule has 0 atom stereocenters. The molecular formula is C14H19N3O5S. The molecule has 0 unspecified atom stereocenters. The van der Waals surface area contributed by atoms with E-state index >= 15 is 0 Å². The Morgan fingerprint density at radius 2 is 1.91 bits per heavy atom. The number of nitrogens with two attached hydrogens (primary N) is 1. The van der Waals surface area contributed by atoms with Gasteiger partial charge in [0.05, 0.1) is 11.9 Å². The van der Waals surface area contributed by atoms with Crippen LogP contribution in [0.3, 0.4) is 0 Å². The minimum atomic E-state index is -3.67. The molecule has 8 nitrogen and oxygen atoms in total. The first-order chi connectivity index (χ1) is 10.8. The second-order valence-corrected chi connectivity index (χ2v) is 6.62. The van der Waals surface area contributed by atoms with Gasteiger partial charge in [0.15, 0.2) is 5.58 Å². The van der Waals surface area contributed by atoms with E-state index in [-0.39, 0.29) is 5.69 Å². The van der Waals surface area contributed by atoms with Gasteiger partial charge in [0.1, 0.15) is 5.69 Å². The number of nitrogens with zero attached hydrogens (tertiary/aromatic N) is 1. The maximum absolute atomic E-state index is 11.5. The lowest BCUT2D eigenvalue weighted by Crippen LogP contribution is -2.43. The minimum absolute atomic E-state index is 0.153. The van der Waals surface area contributed by atoms with Gasteiger partial charge in [-0.05, 0) is 12.1 Å². The summed E-state index contributed by atoms with van der Waals surface area (Å²) in [7, 11) is -3.67. The quantitative estimate of drug-likeness (QED) is 0.499. The molecule has 3 rings (SSSR count). The molecule has 9 heteroatoms. The summed E-state index contributed by atoms with van der Waals surface area (Å²) in [6, 6.07) is 7.51. The molecule has 23 heavy (non-hydrogen) atoms. The molecule has 0 aliphatic carbocycles. The summed E-state index contributed by atoms with van der Waals surface area (Å²) in [5.74, 6) is 0. The summed E-state index contributed by atoms with van der Waals surface area (Å²) >= 11 is 0. The van der Waals surface area contributed by atoms with Crippen LogP contribution in [0, 0.1) is 0 Å². The van der Waals surface area contributed by atoms with Crippen molar-refractivity contribution in [1.82, 2.24) is 5.32 Å². The Bertz CT molecular complexity index is 833. The van der Waals surface area contributed by atoms with Crippen molar-refractivity contribution in [3.8, 4) is 0 Å². The third kappa shape index (κ3) is 4.95. The zero-order valence-electron chi connectivity index (χ0n) is 12.7. The first-order valence-corrected chi connectivity index (χ1v) is 8.81. The molecule has 1 aromatic heterocycles. The van der Waals surface area contributed by atoms with Crippen molar-refractivity contribution in [3.63, 3.8) is 0 Å². The number of fused-ring (bicyclic) bond motifs is 1. The average molecular weight is 341 g/mol. The van der Waals surface area contributed by atoms with E-state index in [1.54, 1.807) is 6.07 Å². The number of hydrogen-bond acceptors (Lipinski definition) is 7. The van der Waals surface area contributed by atoms with Crippen molar-refractivity contribution in [3.05, 3.63) is 34.7 Å². The molecule has 0 saturated carbocycles. The van der Waals surface area contributed by atoms with Crippen LogP contribution in [-0.2, 0) is 10.1 Å². The number of anilines is 2. The molecule has 1 aliphatic heterocycles. The molecule has 2 heterocycles. The maximum Gasteiger partial charge on any atom is 0.359 e. The fourth-order valence-corrected chi connectivity index (χ4v) is 2.30. The van der Waals surface area contributed by atoms with Gasteiger partial charge in [-0.1, -0.05) is 12.1 Å². The molecule has 1 aromatic carbocycles. The van der Waals surface area contributed by atoms with Gasteiger partial charge in [0.2, 0.25) is 0 Å². The van der Waals surface area contributed by atoms with Crippen molar-refractivity contribution < 1.29 is 17.4 Å². The van der Waals surface area contributed by atoms with Crippen molar-refractivity contribution in [1.29, 1.82) is 0 Å². The average Bonchev–Trinajstić information content (AvgIpc) is 2.47. The number of para-hydroxylation sites is 1. The Morgan fingerprint density at radius 1 is 1.30 bits per heavy atom. The van der Waals surface area contributed by atoms with Gasteiger partial charge in [-0.2, -0.15) is 8.42 Å². The van der Waals surface area contributed by atoms with Crippen LogP contribution in [0.1, 0.15) is 0 Å². The van der Waals surface area contributed by atoms with Crippen LogP contribution in [0.2, 0.25) is 0 Å². The van der Waals surface area contributed by atoms with Gasteiger partial charge in [-0.25, -0.2) is 4.79 Å². The van der Waals surface area contributed by atoms with Crippen LogP contribution >= 0.6 is 0 Å². The standard InChI is InChI=1S/C13H15N3O2.CH4O3S/c14-10-8-9-2-1-3-11(12(9)18-13(10)17)16-6-4-15-5-7-16;1-5(2,3)4/h1-3,8,15H,4-7,14H2;1H3,(H,2,3,4). The van der Waals surface area contributed by atoms with Crippen molar-refractivity contribution in [2.75, 3.05) is 43.1 Å². The Morgan fingerprint density at radius 3 is 2.52 bits per heavy atom. The molecule has 0 radical (unpaired) electrons.